The minimum atomic E-state index is -0.260. The fraction of sp³-hybridized carbons (Fsp3) is 0.200. The molecule has 0 aliphatic rings. The van der Waals surface area contributed by atoms with Gasteiger partial charge in [-0.3, -0.25) is 0 Å². The number of hydrogen-bond donors (Lipinski definition) is 1. The Kier molecular flexibility index (Phi) is 4.61. The average Bonchev–Trinajstić information content (AvgIpc) is 2.45. The van der Waals surface area contributed by atoms with E-state index in [1.807, 2.05) is 24.3 Å². The van der Waals surface area contributed by atoms with Gasteiger partial charge in [0.25, 0.3) is 0 Å². The number of halogens is 1. The van der Waals surface area contributed by atoms with Crippen LogP contribution in [0.2, 0.25) is 0 Å². The van der Waals surface area contributed by atoms with Crippen LogP contribution in [-0.4, -0.2) is 20.3 Å². The number of nitrogens with one attached hydrogen (secondary N) is 1. The molecule has 2 rings (SSSR count). The van der Waals surface area contributed by atoms with Gasteiger partial charge < -0.3 is 14.8 Å². The average molecular weight is 261 g/mol. The molecule has 0 radical (unpaired) electrons. The van der Waals surface area contributed by atoms with Crippen LogP contribution >= 0.6 is 0 Å². The van der Waals surface area contributed by atoms with Crippen LogP contribution in [-0.2, 0) is 0 Å². The molecule has 0 bridgehead atoms. The van der Waals surface area contributed by atoms with E-state index in [9.17, 15) is 4.39 Å². The highest BCUT2D eigenvalue weighted by Crippen LogP contribution is 2.18. The number of hydrogen-bond acceptors (Lipinski definition) is 3. The van der Waals surface area contributed by atoms with E-state index in [-0.39, 0.29) is 5.82 Å². The summed E-state index contributed by atoms with van der Waals surface area (Å²) in [6, 6.07) is 13.9. The highest BCUT2D eigenvalue weighted by molar-refractivity contribution is 5.44. The van der Waals surface area contributed by atoms with Gasteiger partial charge in [-0.25, -0.2) is 4.39 Å². The standard InChI is InChI=1S/C15H16FNO2/c1-18-12-5-4-6-13(11-12)19-10-9-17-15-8-3-2-7-14(15)16/h2-8,11,17H,9-10H2,1H3. The minimum absolute atomic E-state index is 0.260. The van der Waals surface area contributed by atoms with E-state index in [1.165, 1.54) is 6.07 Å². The molecule has 0 atom stereocenters. The van der Waals surface area contributed by atoms with Crippen molar-refractivity contribution in [2.45, 2.75) is 0 Å². The summed E-state index contributed by atoms with van der Waals surface area (Å²) >= 11 is 0. The van der Waals surface area contributed by atoms with E-state index in [0.717, 1.165) is 11.5 Å². The van der Waals surface area contributed by atoms with Crippen LogP contribution < -0.4 is 14.8 Å². The summed E-state index contributed by atoms with van der Waals surface area (Å²) in [6.45, 7) is 0.972. The summed E-state index contributed by atoms with van der Waals surface area (Å²) in [5.74, 6) is 1.22. The Morgan fingerprint density at radius 3 is 2.63 bits per heavy atom. The summed E-state index contributed by atoms with van der Waals surface area (Å²) in [5, 5.41) is 2.98. The Hall–Kier alpha value is -2.23. The number of rotatable bonds is 6. The van der Waals surface area contributed by atoms with E-state index in [1.54, 1.807) is 25.3 Å². The maximum atomic E-state index is 13.3. The predicted octanol–water partition coefficient (Wildman–Crippen LogP) is 3.33. The second-order valence-corrected chi connectivity index (χ2v) is 3.93. The quantitative estimate of drug-likeness (QED) is 0.809. The largest absolute Gasteiger partial charge is 0.497 e. The fourth-order valence-corrected chi connectivity index (χ4v) is 1.65. The second-order valence-electron chi connectivity index (χ2n) is 3.93. The minimum Gasteiger partial charge on any atom is -0.497 e. The van der Waals surface area contributed by atoms with Crippen LogP contribution in [0.1, 0.15) is 0 Å². The lowest BCUT2D eigenvalue weighted by molar-refractivity contribution is 0.329. The van der Waals surface area contributed by atoms with Gasteiger partial charge in [0, 0.05) is 12.6 Å². The smallest absolute Gasteiger partial charge is 0.146 e. The van der Waals surface area contributed by atoms with Gasteiger partial charge in [0.1, 0.15) is 23.9 Å². The lowest BCUT2D eigenvalue weighted by atomic mass is 10.3. The second kappa shape index (κ2) is 6.64. The molecule has 0 aromatic heterocycles. The molecular weight excluding hydrogens is 245 g/mol. The predicted molar refractivity (Wildman–Crippen MR) is 73.4 cm³/mol. The maximum Gasteiger partial charge on any atom is 0.146 e. The topological polar surface area (TPSA) is 30.5 Å². The van der Waals surface area contributed by atoms with Gasteiger partial charge in [0.15, 0.2) is 0 Å². The molecule has 2 aromatic carbocycles. The van der Waals surface area contributed by atoms with Crippen LogP contribution in [0.5, 0.6) is 11.5 Å². The monoisotopic (exact) mass is 261 g/mol. The van der Waals surface area contributed by atoms with Crippen LogP contribution in [0.25, 0.3) is 0 Å². The maximum absolute atomic E-state index is 13.3. The number of methoxy groups -OCH3 is 1. The zero-order chi connectivity index (χ0) is 13.5. The first-order chi connectivity index (χ1) is 9.29. The fourth-order valence-electron chi connectivity index (χ4n) is 1.65. The molecule has 0 heterocycles. The molecule has 3 nitrogen and oxygen atoms in total. The van der Waals surface area contributed by atoms with Gasteiger partial charge in [-0.2, -0.15) is 0 Å². The first-order valence-corrected chi connectivity index (χ1v) is 6.05. The van der Waals surface area contributed by atoms with Gasteiger partial charge in [-0.1, -0.05) is 18.2 Å². The van der Waals surface area contributed by atoms with E-state index >= 15 is 0 Å². The van der Waals surface area contributed by atoms with E-state index in [2.05, 4.69) is 5.32 Å². The summed E-state index contributed by atoms with van der Waals surface area (Å²) in [4.78, 5) is 0. The zero-order valence-corrected chi connectivity index (χ0v) is 10.7. The molecule has 0 aliphatic heterocycles. The van der Waals surface area contributed by atoms with Crippen LogP contribution in [0.3, 0.4) is 0 Å². The van der Waals surface area contributed by atoms with E-state index < -0.39 is 0 Å². The molecule has 0 saturated heterocycles. The van der Waals surface area contributed by atoms with E-state index in [4.69, 9.17) is 9.47 Å². The van der Waals surface area contributed by atoms with Crippen molar-refractivity contribution < 1.29 is 13.9 Å². The van der Waals surface area contributed by atoms with Crippen LogP contribution in [0.15, 0.2) is 48.5 Å². The first kappa shape index (κ1) is 13.2. The van der Waals surface area contributed by atoms with Gasteiger partial charge in [0.2, 0.25) is 0 Å². The van der Waals surface area contributed by atoms with Crippen molar-refractivity contribution in [2.24, 2.45) is 0 Å². The number of ether oxygens (including phenoxy) is 2. The Bertz CT molecular complexity index is 531. The summed E-state index contributed by atoms with van der Waals surface area (Å²) < 4.78 is 24.0. The Balaban J connectivity index is 1.79. The SMILES string of the molecule is COc1cccc(OCCNc2ccccc2F)c1. The normalized spacial score (nSPS) is 10.0. The van der Waals surface area contributed by atoms with Crippen molar-refractivity contribution in [2.75, 3.05) is 25.6 Å². The molecule has 4 heteroatoms. The zero-order valence-electron chi connectivity index (χ0n) is 10.7. The molecule has 0 spiro atoms. The molecule has 0 fully saturated rings. The molecule has 0 saturated carbocycles. The van der Waals surface area contributed by atoms with E-state index in [0.29, 0.717) is 18.8 Å². The van der Waals surface area contributed by atoms with Crippen LogP contribution in [0, 0.1) is 5.82 Å². The number of anilines is 1. The van der Waals surface area contributed by atoms with Gasteiger partial charge >= 0.3 is 0 Å². The summed E-state index contributed by atoms with van der Waals surface area (Å²) in [6.07, 6.45) is 0. The lowest BCUT2D eigenvalue weighted by Gasteiger charge is -2.10. The highest BCUT2D eigenvalue weighted by atomic mass is 19.1. The van der Waals surface area contributed by atoms with Crippen LogP contribution in [0.4, 0.5) is 10.1 Å². The molecule has 0 amide bonds. The Morgan fingerprint density at radius 2 is 1.84 bits per heavy atom. The molecular formula is C15H16FNO2. The third kappa shape index (κ3) is 3.88. The van der Waals surface area contributed by atoms with Crippen molar-refractivity contribution in [1.29, 1.82) is 0 Å². The number of benzene rings is 2. The lowest BCUT2D eigenvalue weighted by Crippen LogP contribution is -2.12. The van der Waals surface area contributed by atoms with Gasteiger partial charge in [-0.05, 0) is 24.3 Å². The van der Waals surface area contributed by atoms with Crippen molar-refractivity contribution in [3.05, 3.63) is 54.3 Å². The molecule has 2 aromatic rings. The summed E-state index contributed by atoms with van der Waals surface area (Å²) in [5.41, 5.74) is 0.483. The third-order valence-corrected chi connectivity index (χ3v) is 2.60. The third-order valence-electron chi connectivity index (χ3n) is 2.60. The van der Waals surface area contributed by atoms with Gasteiger partial charge in [0.05, 0.1) is 12.8 Å². The molecule has 19 heavy (non-hydrogen) atoms. The molecule has 100 valence electrons. The Labute approximate surface area is 112 Å². The molecule has 0 aliphatic carbocycles. The van der Waals surface area contributed by atoms with Crippen molar-refractivity contribution in [3.8, 4) is 11.5 Å². The Morgan fingerprint density at radius 1 is 1.05 bits per heavy atom. The van der Waals surface area contributed by atoms with Crippen molar-refractivity contribution in [3.63, 3.8) is 0 Å². The van der Waals surface area contributed by atoms with Crippen molar-refractivity contribution in [1.82, 2.24) is 0 Å². The highest BCUT2D eigenvalue weighted by Gasteiger charge is 2.00. The number of para-hydroxylation sites is 1. The summed E-state index contributed by atoms with van der Waals surface area (Å²) in [7, 11) is 1.61. The van der Waals surface area contributed by atoms with Gasteiger partial charge in [-0.15, -0.1) is 0 Å². The first-order valence-electron chi connectivity index (χ1n) is 6.05. The molecule has 0 unspecified atom stereocenters. The molecule has 1 N–H and O–H groups in total. The van der Waals surface area contributed by atoms with Crippen molar-refractivity contribution >= 4 is 5.69 Å².